The molecule has 0 N–H and O–H groups in total. The van der Waals surface area contributed by atoms with Gasteiger partial charge >= 0.3 is 0 Å². The van der Waals surface area contributed by atoms with Crippen LogP contribution in [0.3, 0.4) is 0 Å². The van der Waals surface area contributed by atoms with Crippen molar-refractivity contribution in [2.45, 2.75) is 25.9 Å². The van der Waals surface area contributed by atoms with Crippen molar-refractivity contribution >= 4 is 5.78 Å². The highest BCUT2D eigenvalue weighted by molar-refractivity contribution is 5.98. The second-order valence-electron chi connectivity index (χ2n) is 4.25. The summed E-state index contributed by atoms with van der Waals surface area (Å²) in [6.07, 6.45) is 2.29. The van der Waals surface area contributed by atoms with Crippen LogP contribution >= 0.6 is 0 Å². The fraction of sp³-hybridized carbons (Fsp3) is 0.308. The molecule has 0 unspecified atom stereocenters. The lowest BCUT2D eigenvalue weighted by Gasteiger charge is -2.17. The van der Waals surface area contributed by atoms with Gasteiger partial charge in [0.2, 0.25) is 5.78 Å². The van der Waals surface area contributed by atoms with Crippen LogP contribution in [0.15, 0.2) is 42.2 Å². The third kappa shape index (κ3) is 2.09. The van der Waals surface area contributed by atoms with Crippen LogP contribution in [0.25, 0.3) is 0 Å². The zero-order valence-electron chi connectivity index (χ0n) is 8.99. The summed E-state index contributed by atoms with van der Waals surface area (Å²) in [6, 6.07) is 10.00. The predicted octanol–water partition coefficient (Wildman–Crippen LogP) is 2.49. The van der Waals surface area contributed by atoms with E-state index in [4.69, 9.17) is 4.74 Å². The number of rotatable bonds is 2. The van der Waals surface area contributed by atoms with E-state index in [2.05, 4.69) is 0 Å². The first-order chi connectivity index (χ1) is 7.08. The first-order valence-corrected chi connectivity index (χ1v) is 5.06. The number of hydrogen-bond acceptors (Lipinski definition) is 2. The zero-order valence-corrected chi connectivity index (χ0v) is 8.99. The second-order valence-corrected chi connectivity index (χ2v) is 4.25. The summed E-state index contributed by atoms with van der Waals surface area (Å²) in [5, 5.41) is 0. The molecule has 1 aliphatic rings. The Morgan fingerprint density at radius 1 is 1.20 bits per heavy atom. The van der Waals surface area contributed by atoms with Crippen LogP contribution in [0.2, 0.25) is 0 Å². The molecule has 0 bridgehead atoms. The molecule has 0 amide bonds. The van der Waals surface area contributed by atoms with Crippen LogP contribution in [0.5, 0.6) is 0 Å². The van der Waals surface area contributed by atoms with Gasteiger partial charge in [0, 0.05) is 12.5 Å². The molecule has 0 atom stereocenters. The number of hydrogen-bond donors (Lipinski definition) is 0. The number of allylic oxidation sites excluding steroid dienone is 1. The Kier molecular flexibility index (Phi) is 2.35. The van der Waals surface area contributed by atoms with E-state index in [1.165, 1.54) is 0 Å². The SMILES string of the molecule is CC1(C)OC(Cc2ccccc2)=CC1=O. The van der Waals surface area contributed by atoms with Gasteiger partial charge in [-0.15, -0.1) is 0 Å². The third-order valence-electron chi connectivity index (χ3n) is 2.49. The average molecular weight is 202 g/mol. The minimum absolute atomic E-state index is 0.0495. The van der Waals surface area contributed by atoms with Crippen molar-refractivity contribution in [3.63, 3.8) is 0 Å². The lowest BCUT2D eigenvalue weighted by Crippen LogP contribution is -2.27. The number of ketones is 1. The van der Waals surface area contributed by atoms with Crippen LogP contribution in [-0.4, -0.2) is 11.4 Å². The number of ether oxygens (including phenoxy) is 1. The second kappa shape index (κ2) is 3.54. The summed E-state index contributed by atoms with van der Waals surface area (Å²) >= 11 is 0. The third-order valence-corrected chi connectivity index (χ3v) is 2.49. The van der Waals surface area contributed by atoms with Crippen LogP contribution in [0, 0.1) is 0 Å². The summed E-state index contributed by atoms with van der Waals surface area (Å²) in [7, 11) is 0. The number of benzene rings is 1. The highest BCUT2D eigenvalue weighted by Crippen LogP contribution is 2.26. The molecule has 0 aliphatic carbocycles. The van der Waals surface area contributed by atoms with Gasteiger partial charge in [-0.3, -0.25) is 4.79 Å². The summed E-state index contributed by atoms with van der Waals surface area (Å²) in [6.45, 7) is 3.59. The van der Waals surface area contributed by atoms with Gasteiger partial charge in [0.1, 0.15) is 5.76 Å². The molecule has 15 heavy (non-hydrogen) atoms. The molecule has 2 heteroatoms. The highest BCUT2D eigenvalue weighted by atomic mass is 16.5. The Labute approximate surface area is 89.6 Å². The maximum absolute atomic E-state index is 11.5. The number of carbonyl (C=O) groups is 1. The summed E-state index contributed by atoms with van der Waals surface area (Å²) < 4.78 is 5.58. The first kappa shape index (κ1) is 9.97. The molecule has 0 aromatic heterocycles. The Morgan fingerprint density at radius 3 is 2.40 bits per heavy atom. The van der Waals surface area contributed by atoms with Crippen LogP contribution in [0.4, 0.5) is 0 Å². The van der Waals surface area contributed by atoms with Crippen molar-refractivity contribution in [3.05, 3.63) is 47.7 Å². The van der Waals surface area contributed by atoms with Crippen molar-refractivity contribution in [1.29, 1.82) is 0 Å². The van der Waals surface area contributed by atoms with Crippen LogP contribution in [0.1, 0.15) is 19.4 Å². The predicted molar refractivity (Wildman–Crippen MR) is 58.4 cm³/mol. The van der Waals surface area contributed by atoms with Gasteiger partial charge in [-0.25, -0.2) is 0 Å². The minimum atomic E-state index is -0.676. The Hall–Kier alpha value is -1.57. The molecule has 0 saturated carbocycles. The van der Waals surface area contributed by atoms with Gasteiger partial charge in [-0.2, -0.15) is 0 Å². The summed E-state index contributed by atoms with van der Waals surface area (Å²) in [4.78, 5) is 11.5. The number of carbonyl (C=O) groups excluding carboxylic acids is 1. The van der Waals surface area contributed by atoms with Crippen molar-refractivity contribution in [3.8, 4) is 0 Å². The van der Waals surface area contributed by atoms with E-state index in [1.807, 2.05) is 30.3 Å². The summed E-state index contributed by atoms with van der Waals surface area (Å²) in [5.41, 5.74) is 0.485. The Bertz CT molecular complexity index is 402. The lowest BCUT2D eigenvalue weighted by molar-refractivity contribution is -0.127. The van der Waals surface area contributed by atoms with Crippen LogP contribution < -0.4 is 0 Å². The average Bonchev–Trinajstić information content (AvgIpc) is 2.42. The normalized spacial score (nSPS) is 18.5. The van der Waals surface area contributed by atoms with Crippen molar-refractivity contribution in [2.24, 2.45) is 0 Å². The zero-order chi connectivity index (χ0) is 10.9. The van der Waals surface area contributed by atoms with E-state index in [-0.39, 0.29) is 5.78 Å². The molecule has 2 rings (SSSR count). The molecule has 0 spiro atoms. The monoisotopic (exact) mass is 202 g/mol. The molecule has 78 valence electrons. The standard InChI is InChI=1S/C13H14O2/c1-13(2)12(14)9-11(15-13)8-10-6-4-3-5-7-10/h3-7,9H,8H2,1-2H3. The Balaban J connectivity index is 2.10. The molecular formula is C13H14O2. The summed E-state index contributed by atoms with van der Waals surface area (Å²) in [5.74, 6) is 0.810. The van der Waals surface area contributed by atoms with Gasteiger partial charge in [-0.05, 0) is 19.4 Å². The molecule has 1 aromatic rings. The van der Waals surface area contributed by atoms with E-state index in [9.17, 15) is 4.79 Å². The van der Waals surface area contributed by atoms with Crippen molar-refractivity contribution in [1.82, 2.24) is 0 Å². The Morgan fingerprint density at radius 2 is 1.87 bits per heavy atom. The molecule has 1 aromatic carbocycles. The smallest absolute Gasteiger partial charge is 0.201 e. The van der Waals surface area contributed by atoms with E-state index >= 15 is 0 Å². The quantitative estimate of drug-likeness (QED) is 0.736. The molecule has 0 radical (unpaired) electrons. The molecule has 1 heterocycles. The highest BCUT2D eigenvalue weighted by Gasteiger charge is 2.34. The van der Waals surface area contributed by atoms with Gasteiger partial charge in [0.05, 0.1) is 0 Å². The first-order valence-electron chi connectivity index (χ1n) is 5.06. The fourth-order valence-electron chi connectivity index (χ4n) is 1.61. The van der Waals surface area contributed by atoms with Crippen LogP contribution in [-0.2, 0) is 16.0 Å². The fourth-order valence-corrected chi connectivity index (χ4v) is 1.61. The molecule has 2 nitrogen and oxygen atoms in total. The van der Waals surface area contributed by atoms with Crippen molar-refractivity contribution in [2.75, 3.05) is 0 Å². The molecule has 1 aliphatic heterocycles. The molecular weight excluding hydrogens is 188 g/mol. The van der Waals surface area contributed by atoms with Crippen molar-refractivity contribution < 1.29 is 9.53 Å². The van der Waals surface area contributed by atoms with Gasteiger partial charge in [0.15, 0.2) is 5.60 Å². The molecule has 0 fully saturated rings. The lowest BCUT2D eigenvalue weighted by atomic mass is 10.1. The minimum Gasteiger partial charge on any atom is -0.484 e. The van der Waals surface area contributed by atoms with E-state index in [1.54, 1.807) is 19.9 Å². The van der Waals surface area contributed by atoms with Gasteiger partial charge in [-0.1, -0.05) is 30.3 Å². The van der Waals surface area contributed by atoms with Gasteiger partial charge < -0.3 is 4.74 Å². The maximum Gasteiger partial charge on any atom is 0.201 e. The molecule has 0 saturated heterocycles. The van der Waals surface area contributed by atoms with E-state index in [0.29, 0.717) is 6.42 Å². The topological polar surface area (TPSA) is 26.3 Å². The van der Waals surface area contributed by atoms with E-state index in [0.717, 1.165) is 11.3 Å². The van der Waals surface area contributed by atoms with Gasteiger partial charge in [0.25, 0.3) is 0 Å². The maximum atomic E-state index is 11.5. The van der Waals surface area contributed by atoms with E-state index < -0.39 is 5.60 Å². The largest absolute Gasteiger partial charge is 0.484 e.